The minimum Gasteiger partial charge on any atom is -0.469 e. The van der Waals surface area contributed by atoms with Crippen molar-refractivity contribution < 1.29 is 14.3 Å². The summed E-state index contributed by atoms with van der Waals surface area (Å²) in [6.45, 7) is 3.56. The summed E-state index contributed by atoms with van der Waals surface area (Å²) in [4.78, 5) is 22.9. The van der Waals surface area contributed by atoms with Crippen molar-refractivity contribution in [3.05, 3.63) is 34.7 Å². The molecule has 0 aliphatic heterocycles. The zero-order valence-electron chi connectivity index (χ0n) is 8.28. The Bertz CT molecular complexity index is 370. The van der Waals surface area contributed by atoms with Crippen molar-refractivity contribution >= 4 is 23.2 Å². The summed E-state index contributed by atoms with van der Waals surface area (Å²) in [5.74, 6) is -0.676. The molecule has 0 saturated carbocycles. The zero-order valence-corrected chi connectivity index (χ0v) is 9.10. The van der Waals surface area contributed by atoms with Crippen molar-refractivity contribution in [2.75, 3.05) is 7.11 Å². The first-order chi connectivity index (χ1) is 7.13. The van der Waals surface area contributed by atoms with Crippen molar-refractivity contribution in [2.45, 2.75) is 6.42 Å². The third-order valence-corrected chi connectivity index (χ3v) is 2.49. The third-order valence-electron chi connectivity index (χ3n) is 1.62. The van der Waals surface area contributed by atoms with Gasteiger partial charge in [0.25, 0.3) is 5.91 Å². The molecule has 1 heterocycles. The molecule has 1 aromatic rings. The van der Waals surface area contributed by atoms with E-state index in [1.807, 2.05) is 0 Å². The second-order valence-corrected chi connectivity index (χ2v) is 3.74. The van der Waals surface area contributed by atoms with Crippen LogP contribution in [0.5, 0.6) is 0 Å². The van der Waals surface area contributed by atoms with E-state index in [0.29, 0.717) is 10.6 Å². The van der Waals surface area contributed by atoms with E-state index in [0.717, 1.165) is 0 Å². The fourth-order valence-electron chi connectivity index (χ4n) is 0.921. The summed E-state index contributed by atoms with van der Waals surface area (Å²) in [6.07, 6.45) is -0.00633. The topological polar surface area (TPSA) is 55.4 Å². The normalized spacial score (nSPS) is 9.40. The molecule has 1 N–H and O–H groups in total. The second-order valence-electron chi connectivity index (χ2n) is 2.79. The lowest BCUT2D eigenvalue weighted by Gasteiger charge is -2.05. The van der Waals surface area contributed by atoms with Crippen LogP contribution in [-0.4, -0.2) is 19.0 Å². The molecule has 80 valence electrons. The maximum atomic E-state index is 11.5. The predicted molar refractivity (Wildman–Crippen MR) is 57.6 cm³/mol. The Hall–Kier alpha value is -1.62. The fraction of sp³-hybridized carbons (Fsp3) is 0.200. The molecule has 0 aliphatic rings. The Labute approximate surface area is 91.6 Å². The van der Waals surface area contributed by atoms with Crippen molar-refractivity contribution in [1.29, 1.82) is 0 Å². The maximum Gasteiger partial charge on any atom is 0.311 e. The third kappa shape index (κ3) is 3.55. The lowest BCUT2D eigenvalue weighted by molar-refractivity contribution is -0.139. The zero-order chi connectivity index (χ0) is 11.3. The van der Waals surface area contributed by atoms with Gasteiger partial charge in [-0.15, -0.1) is 11.3 Å². The number of thiophene rings is 1. The number of rotatable bonds is 4. The molecule has 0 fully saturated rings. The molecule has 1 rings (SSSR count). The maximum absolute atomic E-state index is 11.5. The van der Waals surface area contributed by atoms with Crippen LogP contribution in [-0.2, 0) is 9.53 Å². The lowest BCUT2D eigenvalue weighted by Crippen LogP contribution is -2.23. The van der Waals surface area contributed by atoms with Gasteiger partial charge in [-0.2, -0.15) is 0 Å². The van der Waals surface area contributed by atoms with Gasteiger partial charge < -0.3 is 10.1 Å². The highest BCUT2D eigenvalue weighted by atomic mass is 32.1. The fourth-order valence-corrected chi connectivity index (χ4v) is 1.54. The van der Waals surface area contributed by atoms with E-state index in [9.17, 15) is 9.59 Å². The largest absolute Gasteiger partial charge is 0.469 e. The molecule has 0 radical (unpaired) electrons. The molecule has 1 amide bonds. The van der Waals surface area contributed by atoms with Gasteiger partial charge in [0.15, 0.2) is 0 Å². The van der Waals surface area contributed by atoms with E-state index in [2.05, 4.69) is 16.6 Å². The minimum atomic E-state index is -0.425. The average molecular weight is 225 g/mol. The van der Waals surface area contributed by atoms with Gasteiger partial charge in [-0.1, -0.05) is 12.6 Å². The number of hydrogen-bond donors (Lipinski definition) is 1. The number of nitrogens with one attached hydrogen (secondary N) is 1. The van der Waals surface area contributed by atoms with Crippen LogP contribution in [0.25, 0.3) is 0 Å². The van der Waals surface area contributed by atoms with Crippen LogP contribution in [0.1, 0.15) is 16.1 Å². The predicted octanol–water partition coefficient (Wildman–Crippen LogP) is 1.55. The Kier molecular flexibility index (Phi) is 4.05. The monoisotopic (exact) mass is 225 g/mol. The van der Waals surface area contributed by atoms with Crippen molar-refractivity contribution in [2.24, 2.45) is 0 Å². The first kappa shape index (κ1) is 11.5. The Balaban J connectivity index is 2.45. The number of carbonyl (C=O) groups excluding carboxylic acids is 2. The summed E-state index contributed by atoms with van der Waals surface area (Å²) < 4.78 is 4.44. The number of amides is 1. The van der Waals surface area contributed by atoms with Crippen LogP contribution in [0.15, 0.2) is 29.8 Å². The highest BCUT2D eigenvalue weighted by Crippen LogP contribution is 2.09. The van der Waals surface area contributed by atoms with Gasteiger partial charge in [0.1, 0.15) is 0 Å². The van der Waals surface area contributed by atoms with Crippen molar-refractivity contribution in [3.8, 4) is 0 Å². The van der Waals surface area contributed by atoms with Gasteiger partial charge in [0.05, 0.1) is 18.4 Å². The van der Waals surface area contributed by atoms with Crippen LogP contribution >= 0.6 is 11.3 Å². The number of carbonyl (C=O) groups is 2. The van der Waals surface area contributed by atoms with E-state index in [-0.39, 0.29) is 12.3 Å². The molecule has 0 saturated heterocycles. The Morgan fingerprint density at radius 2 is 2.33 bits per heavy atom. The van der Waals surface area contributed by atoms with E-state index in [4.69, 9.17) is 0 Å². The highest BCUT2D eigenvalue weighted by Gasteiger charge is 2.09. The molecule has 0 bridgehead atoms. The van der Waals surface area contributed by atoms with Gasteiger partial charge in [-0.3, -0.25) is 9.59 Å². The molecule has 15 heavy (non-hydrogen) atoms. The summed E-state index contributed by atoms with van der Waals surface area (Å²) in [6, 6.07) is 3.48. The van der Waals surface area contributed by atoms with Crippen LogP contribution in [0.3, 0.4) is 0 Å². The van der Waals surface area contributed by atoms with Gasteiger partial charge in [0, 0.05) is 5.70 Å². The quantitative estimate of drug-likeness (QED) is 0.791. The average Bonchev–Trinajstić information content (AvgIpc) is 2.70. The van der Waals surface area contributed by atoms with E-state index < -0.39 is 5.97 Å². The standard InChI is InChI=1S/C10H11NO3S/c1-7(6-9(12)14-2)11-10(13)8-4-3-5-15-8/h3-5H,1,6H2,2H3,(H,11,13). The van der Waals surface area contributed by atoms with Gasteiger partial charge in [-0.25, -0.2) is 0 Å². The molecular weight excluding hydrogens is 214 g/mol. The highest BCUT2D eigenvalue weighted by molar-refractivity contribution is 7.12. The van der Waals surface area contributed by atoms with Gasteiger partial charge >= 0.3 is 5.97 Å². The molecule has 0 aromatic carbocycles. The summed E-state index contributed by atoms with van der Waals surface area (Å²) in [5.41, 5.74) is 0.334. The Morgan fingerprint density at radius 3 is 2.87 bits per heavy atom. The number of esters is 1. The first-order valence-electron chi connectivity index (χ1n) is 4.23. The molecule has 0 unspecified atom stereocenters. The van der Waals surface area contributed by atoms with Crippen LogP contribution in [0.4, 0.5) is 0 Å². The summed E-state index contributed by atoms with van der Waals surface area (Å²) in [5, 5.41) is 4.33. The molecule has 0 aliphatic carbocycles. The number of methoxy groups -OCH3 is 1. The van der Waals surface area contributed by atoms with Crippen LogP contribution in [0, 0.1) is 0 Å². The second kappa shape index (κ2) is 5.31. The molecule has 5 heteroatoms. The molecule has 1 aromatic heterocycles. The lowest BCUT2D eigenvalue weighted by atomic mass is 10.3. The summed E-state index contributed by atoms with van der Waals surface area (Å²) in [7, 11) is 1.29. The van der Waals surface area contributed by atoms with E-state index >= 15 is 0 Å². The van der Waals surface area contributed by atoms with Crippen LogP contribution < -0.4 is 5.32 Å². The van der Waals surface area contributed by atoms with Gasteiger partial charge in [0.2, 0.25) is 0 Å². The van der Waals surface area contributed by atoms with Crippen LogP contribution in [0.2, 0.25) is 0 Å². The van der Waals surface area contributed by atoms with Crippen molar-refractivity contribution in [3.63, 3.8) is 0 Å². The Morgan fingerprint density at radius 1 is 1.60 bits per heavy atom. The first-order valence-corrected chi connectivity index (χ1v) is 5.11. The molecule has 4 nitrogen and oxygen atoms in total. The number of hydrogen-bond acceptors (Lipinski definition) is 4. The molecule has 0 atom stereocenters. The van der Waals surface area contributed by atoms with E-state index in [1.165, 1.54) is 18.4 Å². The summed E-state index contributed by atoms with van der Waals surface area (Å²) >= 11 is 1.33. The van der Waals surface area contributed by atoms with E-state index in [1.54, 1.807) is 17.5 Å². The SMILES string of the molecule is C=C(CC(=O)OC)NC(=O)c1cccs1. The molecular formula is C10H11NO3S. The molecule has 0 spiro atoms. The van der Waals surface area contributed by atoms with Crippen molar-refractivity contribution in [1.82, 2.24) is 5.32 Å². The number of ether oxygens (including phenoxy) is 1. The minimum absolute atomic E-state index is 0.00633. The smallest absolute Gasteiger partial charge is 0.311 e. The van der Waals surface area contributed by atoms with Gasteiger partial charge in [-0.05, 0) is 11.4 Å².